The number of fused-ring (bicyclic) bond motifs is 1. The van der Waals surface area contributed by atoms with Crippen molar-refractivity contribution in [3.63, 3.8) is 0 Å². The Kier molecular flexibility index (Phi) is 6.86. The first-order chi connectivity index (χ1) is 16.4. The fourth-order valence-electron chi connectivity index (χ4n) is 4.36. The number of aromatic nitrogens is 2. The van der Waals surface area contributed by atoms with Crippen LogP contribution in [-0.2, 0) is 28.9 Å². The highest BCUT2D eigenvalue weighted by Crippen LogP contribution is 2.30. The summed E-state index contributed by atoms with van der Waals surface area (Å²) in [5.41, 5.74) is 5.19. The second-order valence-electron chi connectivity index (χ2n) is 8.28. The maximum Gasteiger partial charge on any atom is 0.325 e. The Morgan fingerprint density at radius 3 is 2.38 bits per heavy atom. The lowest BCUT2D eigenvalue weighted by Crippen LogP contribution is -2.36. The van der Waals surface area contributed by atoms with E-state index in [1.54, 1.807) is 20.3 Å². The van der Waals surface area contributed by atoms with Crippen molar-refractivity contribution in [2.75, 3.05) is 27.9 Å². The molecule has 0 saturated carbocycles. The molecule has 178 valence electrons. The van der Waals surface area contributed by atoms with Crippen LogP contribution in [0.15, 0.2) is 42.5 Å². The molecule has 0 radical (unpaired) electrons. The first-order valence-electron chi connectivity index (χ1n) is 11.2. The Morgan fingerprint density at radius 2 is 1.74 bits per heavy atom. The highest BCUT2D eigenvalue weighted by molar-refractivity contribution is 5.96. The topological polar surface area (TPSA) is 82.9 Å². The van der Waals surface area contributed by atoms with Gasteiger partial charge in [0, 0.05) is 23.9 Å². The van der Waals surface area contributed by atoms with Crippen LogP contribution in [0.2, 0.25) is 0 Å². The van der Waals surface area contributed by atoms with E-state index in [1.807, 2.05) is 48.0 Å². The first-order valence-corrected chi connectivity index (χ1v) is 11.2. The van der Waals surface area contributed by atoms with Crippen molar-refractivity contribution in [1.29, 1.82) is 0 Å². The van der Waals surface area contributed by atoms with E-state index in [0.717, 1.165) is 47.3 Å². The van der Waals surface area contributed by atoms with E-state index in [-0.39, 0.29) is 19.0 Å². The van der Waals surface area contributed by atoms with Crippen molar-refractivity contribution in [1.82, 2.24) is 14.7 Å². The van der Waals surface area contributed by atoms with Gasteiger partial charge in [-0.3, -0.25) is 9.59 Å². The summed E-state index contributed by atoms with van der Waals surface area (Å²) in [6, 6.07) is 13.4. The van der Waals surface area contributed by atoms with Gasteiger partial charge < -0.3 is 19.1 Å². The summed E-state index contributed by atoms with van der Waals surface area (Å²) in [6.07, 6.45) is 2.60. The smallest absolute Gasteiger partial charge is 0.325 e. The molecule has 0 fully saturated rings. The zero-order valence-electron chi connectivity index (χ0n) is 20.0. The zero-order valence-corrected chi connectivity index (χ0v) is 20.0. The van der Waals surface area contributed by atoms with Crippen LogP contribution < -0.4 is 9.47 Å². The zero-order chi connectivity index (χ0) is 24.2. The predicted octanol–water partition coefficient (Wildman–Crippen LogP) is 3.50. The molecule has 3 aromatic rings. The molecule has 8 heteroatoms. The Balaban J connectivity index is 1.73. The number of carbonyl (C=O) groups excluding carboxylic acids is 2. The number of amides is 1. The minimum atomic E-state index is -0.502. The molecule has 4 rings (SSSR count). The van der Waals surface area contributed by atoms with Crippen LogP contribution in [0.3, 0.4) is 0 Å². The maximum atomic E-state index is 13.8. The van der Waals surface area contributed by atoms with Gasteiger partial charge in [0.25, 0.3) is 5.91 Å². The van der Waals surface area contributed by atoms with Gasteiger partial charge in [-0.15, -0.1) is 0 Å². The Morgan fingerprint density at radius 1 is 1.03 bits per heavy atom. The molecule has 0 aliphatic heterocycles. The number of para-hydroxylation sites is 1. The van der Waals surface area contributed by atoms with Crippen molar-refractivity contribution in [2.24, 2.45) is 0 Å². The highest BCUT2D eigenvalue weighted by Gasteiger charge is 2.31. The molecule has 0 atom stereocenters. The molecule has 1 amide bonds. The van der Waals surface area contributed by atoms with Gasteiger partial charge in [-0.05, 0) is 55.5 Å². The van der Waals surface area contributed by atoms with Crippen LogP contribution in [0, 0.1) is 6.92 Å². The normalized spacial score (nSPS) is 12.2. The molecule has 1 aromatic heterocycles. The van der Waals surface area contributed by atoms with E-state index in [4.69, 9.17) is 19.3 Å². The van der Waals surface area contributed by atoms with Crippen LogP contribution in [0.5, 0.6) is 11.5 Å². The van der Waals surface area contributed by atoms with E-state index < -0.39 is 5.97 Å². The number of esters is 1. The van der Waals surface area contributed by atoms with Gasteiger partial charge in [-0.1, -0.05) is 18.2 Å². The fraction of sp³-hybridized carbons (Fsp3) is 0.346. The fourth-order valence-corrected chi connectivity index (χ4v) is 4.36. The van der Waals surface area contributed by atoms with Crippen molar-refractivity contribution >= 4 is 11.9 Å². The van der Waals surface area contributed by atoms with Crippen LogP contribution in [0.4, 0.5) is 0 Å². The van der Waals surface area contributed by atoms with Crippen LogP contribution >= 0.6 is 0 Å². The number of rotatable bonds is 8. The van der Waals surface area contributed by atoms with Gasteiger partial charge in [0.05, 0.1) is 27.0 Å². The van der Waals surface area contributed by atoms with Crippen molar-refractivity contribution < 1.29 is 23.8 Å². The van der Waals surface area contributed by atoms with E-state index >= 15 is 0 Å². The summed E-state index contributed by atoms with van der Waals surface area (Å²) in [6.45, 7) is 2.01. The number of hydrogen-bond donors (Lipinski definition) is 0. The average Bonchev–Trinajstić information content (AvgIpc) is 3.46. The van der Waals surface area contributed by atoms with Gasteiger partial charge in [-0.25, -0.2) is 4.68 Å². The lowest BCUT2D eigenvalue weighted by molar-refractivity contribution is -0.141. The largest absolute Gasteiger partial charge is 0.497 e. The Hall–Kier alpha value is -3.81. The third kappa shape index (κ3) is 4.62. The molecule has 0 spiro atoms. The monoisotopic (exact) mass is 463 g/mol. The molecule has 0 N–H and O–H groups in total. The Bertz CT molecular complexity index is 1190. The van der Waals surface area contributed by atoms with Gasteiger partial charge >= 0.3 is 5.97 Å². The molecule has 2 aromatic carbocycles. The molecule has 1 aliphatic carbocycles. The van der Waals surface area contributed by atoms with Crippen molar-refractivity contribution in [2.45, 2.75) is 32.7 Å². The molecular formula is C26H29N3O5. The molecule has 0 bridgehead atoms. The second kappa shape index (κ2) is 9.99. The summed E-state index contributed by atoms with van der Waals surface area (Å²) in [5, 5.41) is 4.75. The van der Waals surface area contributed by atoms with E-state index in [2.05, 4.69) is 0 Å². The number of benzene rings is 2. The summed E-state index contributed by atoms with van der Waals surface area (Å²) >= 11 is 0. The molecular weight excluding hydrogens is 434 g/mol. The number of hydrogen-bond acceptors (Lipinski definition) is 6. The van der Waals surface area contributed by atoms with Crippen LogP contribution in [0.1, 0.15) is 39.3 Å². The van der Waals surface area contributed by atoms with Gasteiger partial charge in [0.1, 0.15) is 18.0 Å². The highest BCUT2D eigenvalue weighted by atomic mass is 16.5. The maximum absolute atomic E-state index is 13.8. The molecule has 34 heavy (non-hydrogen) atoms. The lowest BCUT2D eigenvalue weighted by atomic mass is 10.1. The van der Waals surface area contributed by atoms with Crippen LogP contribution in [0.25, 0.3) is 5.69 Å². The summed E-state index contributed by atoms with van der Waals surface area (Å²) < 4.78 is 17.5. The predicted molar refractivity (Wildman–Crippen MR) is 127 cm³/mol. The lowest BCUT2D eigenvalue weighted by Gasteiger charge is -2.22. The molecule has 8 nitrogen and oxygen atoms in total. The molecule has 1 aliphatic rings. The minimum absolute atomic E-state index is 0.174. The molecule has 0 saturated heterocycles. The van der Waals surface area contributed by atoms with Crippen molar-refractivity contribution in [3.8, 4) is 17.2 Å². The second-order valence-corrected chi connectivity index (χ2v) is 8.28. The number of carbonyl (C=O) groups is 2. The SMILES string of the molecule is COC(=O)CN(Cc1cc(OC)cc(OC)c1)C(=O)c1nn(-c2ccccc2C)c2c1CCC2. The summed E-state index contributed by atoms with van der Waals surface area (Å²) in [7, 11) is 4.44. The quantitative estimate of drug-likeness (QED) is 0.476. The van der Waals surface area contributed by atoms with Gasteiger partial charge in [0.2, 0.25) is 0 Å². The van der Waals surface area contributed by atoms with Gasteiger partial charge in [0.15, 0.2) is 5.69 Å². The van der Waals surface area contributed by atoms with Crippen molar-refractivity contribution in [3.05, 3.63) is 70.5 Å². The molecule has 1 heterocycles. The Labute approximate surface area is 199 Å². The number of methoxy groups -OCH3 is 3. The van der Waals surface area contributed by atoms with E-state index in [1.165, 1.54) is 12.0 Å². The average molecular weight is 464 g/mol. The number of ether oxygens (including phenoxy) is 3. The van der Waals surface area contributed by atoms with Crippen LogP contribution in [-0.4, -0.2) is 54.4 Å². The third-order valence-corrected chi connectivity index (χ3v) is 6.10. The van der Waals surface area contributed by atoms with E-state index in [0.29, 0.717) is 17.2 Å². The minimum Gasteiger partial charge on any atom is -0.497 e. The standard InChI is InChI=1S/C26H29N3O5/c1-17-8-5-6-10-22(17)29-23-11-7-9-21(23)25(27-29)26(31)28(16-24(30)34-4)15-18-12-19(32-2)14-20(13-18)33-3/h5-6,8,10,12-14H,7,9,11,15-16H2,1-4H3. The summed E-state index contributed by atoms with van der Waals surface area (Å²) in [5.74, 6) is 0.393. The number of aryl methyl sites for hydroxylation is 1. The van der Waals surface area contributed by atoms with Gasteiger partial charge in [-0.2, -0.15) is 5.10 Å². The first kappa shape index (κ1) is 23.4. The third-order valence-electron chi connectivity index (χ3n) is 6.10. The van der Waals surface area contributed by atoms with E-state index in [9.17, 15) is 9.59 Å². The number of nitrogens with zero attached hydrogens (tertiary/aromatic N) is 3. The summed E-state index contributed by atoms with van der Waals surface area (Å²) in [4.78, 5) is 27.4. The molecule has 0 unspecified atom stereocenters.